The molecule has 0 bridgehead atoms. The topological polar surface area (TPSA) is 65.6 Å². The Kier molecular flexibility index (Phi) is 3.65. The van der Waals surface area contributed by atoms with Crippen molar-refractivity contribution in [2.45, 2.75) is 39.2 Å². The number of nitrogens with one attached hydrogen (secondary N) is 3. The molecule has 0 aromatic rings. The molecule has 102 valence electrons. The SMILES string of the molecule is CC(C)(C)OC(=O)N1CCC(C2=CNNN2)CC1. The van der Waals surface area contributed by atoms with E-state index in [4.69, 9.17) is 4.74 Å². The zero-order valence-electron chi connectivity index (χ0n) is 11.2. The predicted molar refractivity (Wildman–Crippen MR) is 68.0 cm³/mol. The lowest BCUT2D eigenvalue weighted by molar-refractivity contribution is 0.0193. The van der Waals surface area contributed by atoms with Crippen molar-refractivity contribution in [1.29, 1.82) is 0 Å². The number of hydrogen-bond donors (Lipinski definition) is 3. The molecule has 0 atom stereocenters. The molecule has 0 radical (unpaired) electrons. The van der Waals surface area contributed by atoms with E-state index in [0.717, 1.165) is 25.9 Å². The molecule has 18 heavy (non-hydrogen) atoms. The molecule has 2 aliphatic rings. The van der Waals surface area contributed by atoms with Gasteiger partial charge in [-0.3, -0.25) is 0 Å². The molecule has 0 aromatic heterocycles. The second-order valence-corrected chi connectivity index (χ2v) is 5.74. The van der Waals surface area contributed by atoms with Gasteiger partial charge in [0.05, 0.1) is 0 Å². The molecule has 6 heteroatoms. The van der Waals surface area contributed by atoms with Gasteiger partial charge in [-0.25, -0.2) is 4.79 Å². The molecule has 2 aliphatic heterocycles. The summed E-state index contributed by atoms with van der Waals surface area (Å²) in [6.07, 6.45) is 3.65. The number of hydrogen-bond acceptors (Lipinski definition) is 5. The van der Waals surface area contributed by atoms with Crippen molar-refractivity contribution in [2.24, 2.45) is 5.92 Å². The Bertz CT molecular complexity index is 340. The average molecular weight is 254 g/mol. The van der Waals surface area contributed by atoms with Crippen molar-refractivity contribution in [3.63, 3.8) is 0 Å². The van der Waals surface area contributed by atoms with Gasteiger partial charge in [-0.15, -0.1) is 0 Å². The Labute approximate surface area is 108 Å². The molecule has 0 unspecified atom stereocenters. The Morgan fingerprint density at radius 2 is 2.06 bits per heavy atom. The summed E-state index contributed by atoms with van der Waals surface area (Å²) < 4.78 is 5.37. The van der Waals surface area contributed by atoms with E-state index in [1.54, 1.807) is 4.90 Å². The van der Waals surface area contributed by atoms with Crippen molar-refractivity contribution in [2.75, 3.05) is 13.1 Å². The summed E-state index contributed by atoms with van der Waals surface area (Å²) in [4.78, 5) is 13.7. The van der Waals surface area contributed by atoms with Crippen LogP contribution in [-0.2, 0) is 4.74 Å². The molecule has 3 N–H and O–H groups in total. The number of amides is 1. The molecular weight excluding hydrogens is 232 g/mol. The Hall–Kier alpha value is -1.43. The van der Waals surface area contributed by atoms with Crippen molar-refractivity contribution in [1.82, 2.24) is 21.3 Å². The smallest absolute Gasteiger partial charge is 0.410 e. The minimum Gasteiger partial charge on any atom is -0.444 e. The standard InChI is InChI=1S/C12H22N4O2/c1-12(2,3)18-11(17)16-6-4-9(5-7-16)10-8-13-15-14-10/h8-9,13-15H,4-7H2,1-3H3. The van der Waals surface area contributed by atoms with Crippen LogP contribution in [0, 0.1) is 5.92 Å². The van der Waals surface area contributed by atoms with Gasteiger partial charge >= 0.3 is 6.09 Å². The van der Waals surface area contributed by atoms with E-state index in [9.17, 15) is 4.79 Å². The van der Waals surface area contributed by atoms with E-state index in [1.807, 2.05) is 27.0 Å². The Morgan fingerprint density at radius 3 is 2.56 bits per heavy atom. The minimum atomic E-state index is -0.419. The fourth-order valence-electron chi connectivity index (χ4n) is 2.18. The zero-order valence-corrected chi connectivity index (χ0v) is 11.2. The summed E-state index contributed by atoms with van der Waals surface area (Å²) in [5.41, 5.74) is 9.56. The number of rotatable bonds is 1. The highest BCUT2D eigenvalue weighted by atomic mass is 16.6. The van der Waals surface area contributed by atoms with Gasteiger partial charge in [-0.2, -0.15) is 5.53 Å². The van der Waals surface area contributed by atoms with Crippen LogP contribution >= 0.6 is 0 Å². The second kappa shape index (κ2) is 5.06. The van der Waals surface area contributed by atoms with E-state index in [0.29, 0.717) is 5.92 Å². The molecule has 0 spiro atoms. The molecule has 6 nitrogen and oxygen atoms in total. The van der Waals surface area contributed by atoms with E-state index in [1.165, 1.54) is 5.70 Å². The van der Waals surface area contributed by atoms with Gasteiger partial charge in [0.2, 0.25) is 0 Å². The number of carbonyl (C=O) groups is 1. The maximum Gasteiger partial charge on any atom is 0.410 e. The van der Waals surface area contributed by atoms with E-state index < -0.39 is 5.60 Å². The lowest BCUT2D eigenvalue weighted by Crippen LogP contribution is -2.43. The number of allylic oxidation sites excluding steroid dienone is 1. The highest BCUT2D eigenvalue weighted by Gasteiger charge is 2.28. The summed E-state index contributed by atoms with van der Waals surface area (Å²) in [5.74, 6) is 0.478. The van der Waals surface area contributed by atoms with Gasteiger partial charge < -0.3 is 20.5 Å². The first-order valence-electron chi connectivity index (χ1n) is 6.40. The van der Waals surface area contributed by atoms with Crippen LogP contribution in [0.2, 0.25) is 0 Å². The van der Waals surface area contributed by atoms with Crippen molar-refractivity contribution >= 4 is 6.09 Å². The monoisotopic (exact) mass is 254 g/mol. The Balaban J connectivity index is 1.81. The number of piperidine rings is 1. The summed E-state index contributed by atoms with van der Waals surface area (Å²) in [6.45, 7) is 7.17. The number of ether oxygens (including phenoxy) is 1. The molecule has 1 saturated heterocycles. The molecule has 0 aliphatic carbocycles. The molecule has 0 saturated carbocycles. The largest absolute Gasteiger partial charge is 0.444 e. The van der Waals surface area contributed by atoms with Crippen LogP contribution in [0.5, 0.6) is 0 Å². The van der Waals surface area contributed by atoms with Gasteiger partial charge in [0.25, 0.3) is 0 Å². The number of nitrogens with zero attached hydrogens (tertiary/aromatic N) is 1. The van der Waals surface area contributed by atoms with Gasteiger partial charge in [0.1, 0.15) is 5.60 Å². The lowest BCUT2D eigenvalue weighted by Gasteiger charge is -2.33. The first-order valence-corrected chi connectivity index (χ1v) is 6.40. The summed E-state index contributed by atoms with van der Waals surface area (Å²) >= 11 is 0. The van der Waals surface area contributed by atoms with Crippen molar-refractivity contribution < 1.29 is 9.53 Å². The quantitative estimate of drug-likeness (QED) is 0.653. The second-order valence-electron chi connectivity index (χ2n) is 5.74. The van der Waals surface area contributed by atoms with Gasteiger partial charge in [0, 0.05) is 30.9 Å². The number of hydrazine groups is 2. The maximum absolute atomic E-state index is 11.9. The normalized spacial score (nSPS) is 21.1. The predicted octanol–water partition coefficient (Wildman–Crippen LogP) is 1.09. The first kappa shape index (κ1) is 13.0. The van der Waals surface area contributed by atoms with Crippen molar-refractivity contribution in [3.8, 4) is 0 Å². The van der Waals surface area contributed by atoms with Crippen LogP contribution in [0.15, 0.2) is 11.9 Å². The highest BCUT2D eigenvalue weighted by Crippen LogP contribution is 2.24. The minimum absolute atomic E-state index is 0.203. The molecule has 1 amide bonds. The molecule has 0 aromatic carbocycles. The van der Waals surface area contributed by atoms with E-state index in [-0.39, 0.29) is 6.09 Å². The average Bonchev–Trinajstić information content (AvgIpc) is 2.80. The van der Waals surface area contributed by atoms with Gasteiger partial charge in [-0.1, -0.05) is 0 Å². The summed E-state index contributed by atoms with van der Waals surface area (Å²) in [6, 6.07) is 0. The molecular formula is C12H22N4O2. The third kappa shape index (κ3) is 3.29. The third-order valence-corrected chi connectivity index (χ3v) is 3.09. The third-order valence-electron chi connectivity index (χ3n) is 3.09. The fraction of sp³-hybridized carbons (Fsp3) is 0.750. The highest BCUT2D eigenvalue weighted by molar-refractivity contribution is 5.68. The number of likely N-dealkylation sites (tertiary alicyclic amines) is 1. The molecule has 2 heterocycles. The van der Waals surface area contributed by atoms with Crippen LogP contribution in [0.3, 0.4) is 0 Å². The Morgan fingerprint density at radius 1 is 1.39 bits per heavy atom. The van der Waals surface area contributed by atoms with Gasteiger partial charge in [0.15, 0.2) is 0 Å². The van der Waals surface area contributed by atoms with Crippen LogP contribution in [-0.4, -0.2) is 29.7 Å². The van der Waals surface area contributed by atoms with Crippen LogP contribution in [0.25, 0.3) is 0 Å². The van der Waals surface area contributed by atoms with Crippen LogP contribution < -0.4 is 16.4 Å². The van der Waals surface area contributed by atoms with Gasteiger partial charge in [-0.05, 0) is 33.6 Å². The van der Waals surface area contributed by atoms with Crippen molar-refractivity contribution in [3.05, 3.63) is 11.9 Å². The zero-order chi connectivity index (χ0) is 13.2. The van der Waals surface area contributed by atoms with E-state index >= 15 is 0 Å². The van der Waals surface area contributed by atoms with E-state index in [2.05, 4.69) is 16.4 Å². The summed E-state index contributed by atoms with van der Waals surface area (Å²) in [7, 11) is 0. The summed E-state index contributed by atoms with van der Waals surface area (Å²) in [5, 5.41) is 0. The first-order chi connectivity index (χ1) is 8.46. The maximum atomic E-state index is 11.9. The molecule has 2 rings (SSSR count). The van der Waals surface area contributed by atoms with Crippen LogP contribution in [0.1, 0.15) is 33.6 Å². The fourth-order valence-corrected chi connectivity index (χ4v) is 2.18. The molecule has 1 fully saturated rings. The lowest BCUT2D eigenvalue weighted by atomic mass is 9.94. The van der Waals surface area contributed by atoms with Crippen LogP contribution in [0.4, 0.5) is 4.79 Å². The number of carbonyl (C=O) groups excluding carboxylic acids is 1.